The molecule has 104 valence electrons. The van der Waals surface area contributed by atoms with E-state index in [-0.39, 0.29) is 0 Å². The van der Waals surface area contributed by atoms with Gasteiger partial charge in [-0.1, -0.05) is 12.1 Å². The van der Waals surface area contributed by atoms with Crippen LogP contribution in [0.2, 0.25) is 0 Å². The van der Waals surface area contributed by atoms with E-state index >= 15 is 0 Å². The van der Waals surface area contributed by atoms with E-state index < -0.39 is 25.4 Å². The summed E-state index contributed by atoms with van der Waals surface area (Å²) in [5.41, 5.74) is 3.94. The molecule has 1 aromatic carbocycles. The number of ether oxygens (including phenoxy) is 1. The Bertz CT molecular complexity index is 306. The molecule has 0 aliphatic heterocycles. The molecule has 0 spiro atoms. The van der Waals surface area contributed by atoms with Gasteiger partial charge in [-0.05, 0) is 24.4 Å². The Kier molecular flexibility index (Phi) is 8.89. The smallest absolute Gasteiger partial charge is 0.119 e. The highest BCUT2D eigenvalue weighted by Crippen LogP contribution is 2.07. The Morgan fingerprint density at radius 1 is 1.11 bits per heavy atom. The summed E-state index contributed by atoms with van der Waals surface area (Å²) in [6.07, 6.45) is 0. The standard InChI is InChI=1S/C8H11OP.C4H11NO3/c1-2-9-7-3-5-8(10)6-4-7;5-4(1-6,2-7)3-8/h3-6H,2,10H2,1H3;6-8H,1-3,5H2. The highest BCUT2D eigenvalue weighted by atomic mass is 31.0. The van der Waals surface area contributed by atoms with Crippen LogP contribution in [0.15, 0.2) is 24.3 Å². The molecule has 0 saturated heterocycles. The van der Waals surface area contributed by atoms with Crippen molar-refractivity contribution in [1.29, 1.82) is 0 Å². The zero-order valence-electron chi connectivity index (χ0n) is 10.5. The third-order valence-electron chi connectivity index (χ3n) is 2.14. The summed E-state index contributed by atoms with van der Waals surface area (Å²) < 4.78 is 5.25. The summed E-state index contributed by atoms with van der Waals surface area (Å²) in [7, 11) is 2.63. The van der Waals surface area contributed by atoms with Crippen LogP contribution in [0.5, 0.6) is 5.75 Å². The summed E-state index contributed by atoms with van der Waals surface area (Å²) in [6.45, 7) is 1.50. The first kappa shape index (κ1) is 17.3. The van der Waals surface area contributed by atoms with Gasteiger partial charge in [0, 0.05) is 0 Å². The molecule has 1 unspecified atom stereocenters. The second-order valence-corrected chi connectivity index (χ2v) is 4.51. The number of aliphatic hydroxyl groups is 3. The van der Waals surface area contributed by atoms with Gasteiger partial charge in [0.15, 0.2) is 0 Å². The van der Waals surface area contributed by atoms with E-state index in [4.69, 9.17) is 25.8 Å². The number of benzene rings is 1. The van der Waals surface area contributed by atoms with Crippen molar-refractivity contribution >= 4 is 14.5 Å². The average Bonchev–Trinajstić information content (AvgIpc) is 2.41. The molecule has 5 N–H and O–H groups in total. The maximum absolute atomic E-state index is 8.34. The lowest BCUT2D eigenvalue weighted by Gasteiger charge is -2.20. The van der Waals surface area contributed by atoms with Crippen molar-refractivity contribution in [3.63, 3.8) is 0 Å². The molecular formula is C12H22NO4P. The summed E-state index contributed by atoms with van der Waals surface area (Å²) in [4.78, 5) is 0. The molecule has 0 fully saturated rings. The Balaban J connectivity index is 0.000000331. The van der Waals surface area contributed by atoms with Crippen molar-refractivity contribution in [2.24, 2.45) is 5.73 Å². The fourth-order valence-electron chi connectivity index (χ4n) is 0.881. The summed E-state index contributed by atoms with van der Waals surface area (Å²) >= 11 is 0. The van der Waals surface area contributed by atoms with E-state index in [0.717, 1.165) is 12.4 Å². The van der Waals surface area contributed by atoms with E-state index in [1.54, 1.807) is 0 Å². The molecule has 6 heteroatoms. The molecule has 0 saturated carbocycles. The minimum absolute atomic E-state index is 0.403. The fraction of sp³-hybridized carbons (Fsp3) is 0.500. The van der Waals surface area contributed by atoms with Crippen LogP contribution >= 0.6 is 9.24 Å². The topological polar surface area (TPSA) is 95.9 Å². The SMILES string of the molecule is CCOc1ccc(P)cc1.NC(CO)(CO)CO. The lowest BCUT2D eigenvalue weighted by Crippen LogP contribution is -2.50. The number of nitrogens with two attached hydrogens (primary N) is 1. The van der Waals surface area contributed by atoms with E-state index in [1.807, 2.05) is 31.2 Å². The van der Waals surface area contributed by atoms with Gasteiger partial charge in [0.25, 0.3) is 0 Å². The van der Waals surface area contributed by atoms with Crippen LogP contribution in [0.25, 0.3) is 0 Å². The quantitative estimate of drug-likeness (QED) is 0.530. The van der Waals surface area contributed by atoms with Crippen LogP contribution in [0, 0.1) is 0 Å². The predicted octanol–water partition coefficient (Wildman–Crippen LogP) is -0.754. The lowest BCUT2D eigenvalue weighted by molar-refractivity contribution is 0.0698. The zero-order valence-corrected chi connectivity index (χ0v) is 11.7. The molecule has 0 heterocycles. The van der Waals surface area contributed by atoms with Gasteiger partial charge >= 0.3 is 0 Å². The molecular weight excluding hydrogens is 253 g/mol. The predicted molar refractivity (Wildman–Crippen MR) is 75.1 cm³/mol. The third-order valence-corrected chi connectivity index (χ3v) is 2.52. The van der Waals surface area contributed by atoms with Crippen molar-refractivity contribution in [3.8, 4) is 5.75 Å². The van der Waals surface area contributed by atoms with Crippen molar-refractivity contribution in [3.05, 3.63) is 24.3 Å². The van der Waals surface area contributed by atoms with E-state index in [2.05, 4.69) is 9.24 Å². The Morgan fingerprint density at radius 2 is 1.56 bits per heavy atom. The van der Waals surface area contributed by atoms with Crippen LogP contribution in [-0.2, 0) is 0 Å². The molecule has 1 rings (SSSR count). The molecule has 0 aromatic heterocycles. The number of hydrogen-bond donors (Lipinski definition) is 4. The Labute approximate surface area is 110 Å². The van der Waals surface area contributed by atoms with Crippen molar-refractivity contribution < 1.29 is 20.1 Å². The minimum Gasteiger partial charge on any atom is -0.494 e. The Hall–Kier alpha value is -0.710. The van der Waals surface area contributed by atoms with E-state index in [1.165, 1.54) is 5.30 Å². The summed E-state index contributed by atoms with van der Waals surface area (Å²) in [5, 5.41) is 26.2. The highest BCUT2D eigenvalue weighted by Gasteiger charge is 2.20. The van der Waals surface area contributed by atoms with Crippen molar-refractivity contribution in [2.45, 2.75) is 12.5 Å². The van der Waals surface area contributed by atoms with E-state index in [0.29, 0.717) is 0 Å². The van der Waals surface area contributed by atoms with Crippen molar-refractivity contribution in [2.75, 3.05) is 26.4 Å². The van der Waals surface area contributed by atoms with Crippen LogP contribution in [-0.4, -0.2) is 47.3 Å². The van der Waals surface area contributed by atoms with Gasteiger partial charge in [0.1, 0.15) is 5.75 Å². The van der Waals surface area contributed by atoms with Gasteiger partial charge in [-0.3, -0.25) is 0 Å². The van der Waals surface area contributed by atoms with Gasteiger partial charge in [-0.2, -0.15) is 0 Å². The molecule has 0 amide bonds. The van der Waals surface area contributed by atoms with Gasteiger partial charge < -0.3 is 25.8 Å². The maximum atomic E-state index is 8.34. The van der Waals surface area contributed by atoms with Crippen LogP contribution in [0.4, 0.5) is 0 Å². The fourth-order valence-corrected chi connectivity index (χ4v) is 1.07. The normalized spacial score (nSPS) is 10.6. The number of aliphatic hydroxyl groups excluding tert-OH is 3. The zero-order chi connectivity index (χ0) is 14.0. The lowest BCUT2D eigenvalue weighted by atomic mass is 10.1. The van der Waals surface area contributed by atoms with Gasteiger partial charge in [0.2, 0.25) is 0 Å². The first-order valence-corrected chi connectivity index (χ1v) is 6.19. The third kappa shape index (κ3) is 6.89. The average molecular weight is 275 g/mol. The van der Waals surface area contributed by atoms with Crippen molar-refractivity contribution in [1.82, 2.24) is 0 Å². The molecule has 1 atom stereocenters. The summed E-state index contributed by atoms with van der Waals surface area (Å²) in [6, 6.07) is 7.95. The molecule has 0 radical (unpaired) electrons. The molecule has 5 nitrogen and oxygen atoms in total. The molecule has 0 bridgehead atoms. The Morgan fingerprint density at radius 3 is 1.83 bits per heavy atom. The van der Waals surface area contributed by atoms with Gasteiger partial charge in [0.05, 0.1) is 32.0 Å². The second kappa shape index (κ2) is 9.25. The molecule has 18 heavy (non-hydrogen) atoms. The maximum Gasteiger partial charge on any atom is 0.119 e. The van der Waals surface area contributed by atoms with Crippen LogP contribution < -0.4 is 15.8 Å². The minimum atomic E-state index is -1.21. The monoisotopic (exact) mass is 275 g/mol. The highest BCUT2D eigenvalue weighted by molar-refractivity contribution is 7.27. The molecule has 0 aliphatic carbocycles. The number of hydrogen-bond acceptors (Lipinski definition) is 5. The van der Waals surface area contributed by atoms with Crippen LogP contribution in [0.1, 0.15) is 6.92 Å². The van der Waals surface area contributed by atoms with E-state index in [9.17, 15) is 0 Å². The first-order chi connectivity index (χ1) is 8.51. The molecule has 0 aliphatic rings. The second-order valence-electron chi connectivity index (χ2n) is 3.84. The number of rotatable bonds is 5. The first-order valence-electron chi connectivity index (χ1n) is 5.61. The molecule has 1 aromatic rings. The van der Waals surface area contributed by atoms with Gasteiger partial charge in [-0.15, -0.1) is 9.24 Å². The summed E-state index contributed by atoms with van der Waals surface area (Å²) in [5.74, 6) is 0.939. The van der Waals surface area contributed by atoms with Gasteiger partial charge in [-0.25, -0.2) is 0 Å². The van der Waals surface area contributed by atoms with Crippen LogP contribution in [0.3, 0.4) is 0 Å². The largest absolute Gasteiger partial charge is 0.494 e.